The Morgan fingerprint density at radius 3 is 1.67 bits per heavy atom. The molecule has 0 aliphatic carbocycles. The summed E-state index contributed by atoms with van der Waals surface area (Å²) in [5.74, 6) is -0.845. The van der Waals surface area contributed by atoms with Crippen LogP contribution in [0.4, 0.5) is 11.4 Å². The van der Waals surface area contributed by atoms with Crippen molar-refractivity contribution >= 4 is 17.3 Å². The monoisotopic (exact) mass is 241 g/mol. The van der Waals surface area contributed by atoms with Gasteiger partial charge < -0.3 is 10.0 Å². The lowest BCUT2D eigenvalue weighted by molar-refractivity contribution is -0.137. The van der Waals surface area contributed by atoms with E-state index in [4.69, 9.17) is 0 Å². The summed E-state index contributed by atoms with van der Waals surface area (Å²) in [7, 11) is 0. The molecule has 92 valence electrons. The Kier molecular flexibility index (Phi) is 3.63. The zero-order valence-corrected chi connectivity index (χ0v) is 10.2. The Hall–Kier alpha value is -2.29. The van der Waals surface area contributed by atoms with Gasteiger partial charge >= 0.3 is 5.97 Å². The summed E-state index contributed by atoms with van der Waals surface area (Å²) in [6.45, 7) is 1.68. The molecule has 1 unspecified atom stereocenters. The number of hydrogen-bond donors (Lipinski definition) is 1. The lowest BCUT2D eigenvalue weighted by Crippen LogP contribution is -2.35. The summed E-state index contributed by atoms with van der Waals surface area (Å²) in [6, 6.07) is 18.5. The van der Waals surface area contributed by atoms with Crippen molar-refractivity contribution in [1.82, 2.24) is 0 Å². The molecule has 0 aliphatic rings. The third-order valence-electron chi connectivity index (χ3n) is 2.81. The van der Waals surface area contributed by atoms with Crippen LogP contribution in [0.1, 0.15) is 6.92 Å². The molecule has 0 saturated carbocycles. The van der Waals surface area contributed by atoms with E-state index in [0.29, 0.717) is 0 Å². The van der Waals surface area contributed by atoms with Crippen LogP contribution in [0.3, 0.4) is 0 Å². The number of anilines is 2. The van der Waals surface area contributed by atoms with Crippen LogP contribution in [-0.4, -0.2) is 17.1 Å². The van der Waals surface area contributed by atoms with Crippen molar-refractivity contribution in [1.29, 1.82) is 0 Å². The van der Waals surface area contributed by atoms with Gasteiger partial charge in [0.25, 0.3) is 0 Å². The quantitative estimate of drug-likeness (QED) is 0.892. The number of nitrogens with zero attached hydrogens (tertiary/aromatic N) is 1. The van der Waals surface area contributed by atoms with Crippen molar-refractivity contribution in [3.05, 3.63) is 60.7 Å². The molecular formula is C15H15NO2. The molecule has 0 radical (unpaired) electrons. The van der Waals surface area contributed by atoms with E-state index in [1.807, 2.05) is 65.6 Å². The highest BCUT2D eigenvalue weighted by Gasteiger charge is 2.22. The van der Waals surface area contributed by atoms with Crippen LogP contribution < -0.4 is 4.90 Å². The molecule has 0 aromatic heterocycles. The Morgan fingerprint density at radius 2 is 1.33 bits per heavy atom. The molecular weight excluding hydrogens is 226 g/mol. The fourth-order valence-corrected chi connectivity index (χ4v) is 1.88. The third-order valence-corrected chi connectivity index (χ3v) is 2.81. The summed E-state index contributed by atoms with van der Waals surface area (Å²) in [6.07, 6.45) is 0. The van der Waals surface area contributed by atoms with Crippen LogP contribution in [0.15, 0.2) is 60.7 Å². The van der Waals surface area contributed by atoms with Gasteiger partial charge in [0.2, 0.25) is 0 Å². The van der Waals surface area contributed by atoms with E-state index in [2.05, 4.69) is 0 Å². The Bertz CT molecular complexity index is 471. The van der Waals surface area contributed by atoms with Crippen molar-refractivity contribution in [3.63, 3.8) is 0 Å². The first-order chi connectivity index (χ1) is 8.70. The highest BCUT2D eigenvalue weighted by atomic mass is 16.4. The number of carbonyl (C=O) groups is 1. The summed E-state index contributed by atoms with van der Waals surface area (Å²) in [5, 5.41) is 9.23. The summed E-state index contributed by atoms with van der Waals surface area (Å²) >= 11 is 0. The van der Waals surface area contributed by atoms with Gasteiger partial charge in [-0.3, -0.25) is 0 Å². The molecule has 2 aromatic rings. The van der Waals surface area contributed by atoms with Gasteiger partial charge in [0.15, 0.2) is 0 Å². The fraction of sp³-hybridized carbons (Fsp3) is 0.133. The number of rotatable bonds is 4. The maximum absolute atomic E-state index is 11.2. The number of aliphatic carboxylic acids is 1. The average molecular weight is 241 g/mol. The summed E-state index contributed by atoms with van der Waals surface area (Å²) in [4.78, 5) is 13.1. The molecule has 0 aliphatic heterocycles. The van der Waals surface area contributed by atoms with E-state index in [1.54, 1.807) is 6.92 Å². The molecule has 2 aromatic carbocycles. The second-order valence-corrected chi connectivity index (χ2v) is 4.06. The molecule has 0 bridgehead atoms. The first-order valence-corrected chi connectivity index (χ1v) is 5.82. The number of hydrogen-bond acceptors (Lipinski definition) is 2. The number of para-hydroxylation sites is 2. The van der Waals surface area contributed by atoms with Gasteiger partial charge in [0.1, 0.15) is 6.04 Å². The van der Waals surface area contributed by atoms with Gasteiger partial charge in [0.05, 0.1) is 0 Å². The minimum Gasteiger partial charge on any atom is -0.480 e. The van der Waals surface area contributed by atoms with E-state index in [-0.39, 0.29) is 0 Å². The van der Waals surface area contributed by atoms with Crippen molar-refractivity contribution in [2.45, 2.75) is 13.0 Å². The molecule has 0 saturated heterocycles. The van der Waals surface area contributed by atoms with Gasteiger partial charge in [-0.25, -0.2) is 4.79 Å². The minimum absolute atomic E-state index is 0.616. The Labute approximate surface area is 106 Å². The lowest BCUT2D eigenvalue weighted by Gasteiger charge is -2.28. The first-order valence-electron chi connectivity index (χ1n) is 5.82. The zero-order chi connectivity index (χ0) is 13.0. The summed E-state index contributed by atoms with van der Waals surface area (Å²) in [5.41, 5.74) is 1.75. The van der Waals surface area contributed by atoms with E-state index >= 15 is 0 Å². The van der Waals surface area contributed by atoms with Crippen molar-refractivity contribution in [2.24, 2.45) is 0 Å². The van der Waals surface area contributed by atoms with Crippen LogP contribution >= 0.6 is 0 Å². The van der Waals surface area contributed by atoms with Crippen LogP contribution in [0.5, 0.6) is 0 Å². The van der Waals surface area contributed by atoms with Crippen LogP contribution in [0.2, 0.25) is 0 Å². The maximum atomic E-state index is 11.2. The molecule has 0 amide bonds. The molecule has 1 N–H and O–H groups in total. The molecule has 3 heteroatoms. The van der Waals surface area contributed by atoms with Crippen LogP contribution in [-0.2, 0) is 4.79 Å². The first kappa shape index (κ1) is 12.2. The topological polar surface area (TPSA) is 40.5 Å². The zero-order valence-electron chi connectivity index (χ0n) is 10.2. The maximum Gasteiger partial charge on any atom is 0.326 e. The predicted octanol–water partition coefficient (Wildman–Crippen LogP) is 3.30. The third kappa shape index (κ3) is 2.51. The Morgan fingerprint density at radius 1 is 0.944 bits per heavy atom. The average Bonchev–Trinajstić information content (AvgIpc) is 2.41. The highest BCUT2D eigenvalue weighted by molar-refractivity contribution is 5.82. The van der Waals surface area contributed by atoms with Crippen LogP contribution in [0.25, 0.3) is 0 Å². The van der Waals surface area contributed by atoms with Crippen molar-refractivity contribution < 1.29 is 9.90 Å². The number of carboxylic acids is 1. The minimum atomic E-state index is -0.845. The van der Waals surface area contributed by atoms with Gasteiger partial charge in [-0.2, -0.15) is 0 Å². The lowest BCUT2D eigenvalue weighted by atomic mass is 10.1. The smallest absolute Gasteiger partial charge is 0.326 e. The van der Waals surface area contributed by atoms with Gasteiger partial charge in [0, 0.05) is 11.4 Å². The van der Waals surface area contributed by atoms with Gasteiger partial charge in [-0.15, -0.1) is 0 Å². The van der Waals surface area contributed by atoms with Crippen LogP contribution in [0, 0.1) is 0 Å². The second-order valence-electron chi connectivity index (χ2n) is 4.06. The highest BCUT2D eigenvalue weighted by Crippen LogP contribution is 2.27. The normalized spacial score (nSPS) is 11.8. The molecule has 2 rings (SSSR count). The standard InChI is InChI=1S/C15H15NO2/c1-12(15(17)18)16(13-8-4-2-5-9-13)14-10-6-3-7-11-14/h2-12H,1H3,(H,17,18). The fourth-order valence-electron chi connectivity index (χ4n) is 1.88. The molecule has 3 nitrogen and oxygen atoms in total. The predicted molar refractivity (Wildman–Crippen MR) is 72.1 cm³/mol. The van der Waals surface area contributed by atoms with E-state index in [9.17, 15) is 9.90 Å². The van der Waals surface area contributed by atoms with Crippen molar-refractivity contribution in [3.8, 4) is 0 Å². The van der Waals surface area contributed by atoms with E-state index in [1.165, 1.54) is 0 Å². The molecule has 18 heavy (non-hydrogen) atoms. The number of benzene rings is 2. The van der Waals surface area contributed by atoms with E-state index in [0.717, 1.165) is 11.4 Å². The van der Waals surface area contributed by atoms with Gasteiger partial charge in [-0.1, -0.05) is 36.4 Å². The van der Waals surface area contributed by atoms with E-state index < -0.39 is 12.0 Å². The molecule has 0 spiro atoms. The van der Waals surface area contributed by atoms with Gasteiger partial charge in [-0.05, 0) is 31.2 Å². The largest absolute Gasteiger partial charge is 0.480 e. The molecule has 0 fully saturated rings. The molecule has 1 atom stereocenters. The number of carboxylic acid groups (broad SMARTS) is 1. The van der Waals surface area contributed by atoms with Crippen molar-refractivity contribution in [2.75, 3.05) is 4.90 Å². The SMILES string of the molecule is CC(C(=O)O)N(c1ccccc1)c1ccccc1. The second kappa shape index (κ2) is 5.36. The molecule has 0 heterocycles. The Balaban J connectivity index is 2.45. The summed E-state index contributed by atoms with van der Waals surface area (Å²) < 4.78 is 0.